The van der Waals surface area contributed by atoms with Gasteiger partial charge in [-0.25, -0.2) is 0 Å². The molecule has 1 aromatic carbocycles. The van der Waals surface area contributed by atoms with Crippen molar-refractivity contribution in [1.82, 2.24) is 5.32 Å². The molecule has 0 bridgehead atoms. The van der Waals surface area contributed by atoms with Crippen molar-refractivity contribution in [1.29, 1.82) is 0 Å². The van der Waals surface area contributed by atoms with Gasteiger partial charge in [-0.15, -0.1) is 0 Å². The predicted molar refractivity (Wildman–Crippen MR) is 70.1 cm³/mol. The Balaban J connectivity index is 2.08. The highest BCUT2D eigenvalue weighted by molar-refractivity contribution is 5.41. The fourth-order valence-electron chi connectivity index (χ4n) is 1.92. The first-order valence-corrected chi connectivity index (χ1v) is 6.23. The van der Waals surface area contributed by atoms with Gasteiger partial charge in [-0.1, -0.05) is 0 Å². The largest absolute Gasteiger partial charge is 0.497 e. The Bertz CT molecular complexity index is 416. The van der Waals surface area contributed by atoms with Crippen LogP contribution in [0.1, 0.15) is 31.4 Å². The fourth-order valence-corrected chi connectivity index (χ4v) is 1.92. The highest BCUT2D eigenvalue weighted by Gasteiger charge is 2.37. The van der Waals surface area contributed by atoms with E-state index < -0.39 is 6.10 Å². The second kappa shape index (κ2) is 5.16. The van der Waals surface area contributed by atoms with Gasteiger partial charge in [0.1, 0.15) is 11.5 Å². The molecule has 4 nitrogen and oxygen atoms in total. The maximum Gasteiger partial charge on any atom is 0.124 e. The highest BCUT2D eigenvalue weighted by atomic mass is 16.5. The van der Waals surface area contributed by atoms with Crippen LogP contribution in [0.4, 0.5) is 0 Å². The maximum absolute atomic E-state index is 10.2. The summed E-state index contributed by atoms with van der Waals surface area (Å²) in [7, 11) is 3.22. The second-order valence-electron chi connectivity index (χ2n) is 5.07. The first-order chi connectivity index (χ1) is 8.58. The van der Waals surface area contributed by atoms with Crippen molar-refractivity contribution in [3.63, 3.8) is 0 Å². The van der Waals surface area contributed by atoms with E-state index in [1.165, 1.54) is 12.8 Å². The molecule has 0 radical (unpaired) electrons. The maximum atomic E-state index is 10.2. The van der Waals surface area contributed by atoms with E-state index in [1.54, 1.807) is 14.2 Å². The number of benzene rings is 1. The molecule has 1 aliphatic carbocycles. The summed E-state index contributed by atoms with van der Waals surface area (Å²) in [6.07, 6.45) is 1.76. The summed E-state index contributed by atoms with van der Waals surface area (Å²) < 4.78 is 10.4. The van der Waals surface area contributed by atoms with Crippen LogP contribution in [0.3, 0.4) is 0 Å². The molecule has 1 saturated carbocycles. The van der Waals surface area contributed by atoms with Crippen LogP contribution >= 0.6 is 0 Å². The zero-order valence-electron chi connectivity index (χ0n) is 11.2. The molecule has 0 saturated heterocycles. The van der Waals surface area contributed by atoms with Gasteiger partial charge < -0.3 is 19.9 Å². The van der Waals surface area contributed by atoms with Crippen LogP contribution in [0.5, 0.6) is 11.5 Å². The predicted octanol–water partition coefficient (Wildman–Crippen LogP) is 1.88. The molecule has 0 amide bonds. The fraction of sp³-hybridized carbons (Fsp3) is 0.571. The van der Waals surface area contributed by atoms with E-state index in [0.29, 0.717) is 12.3 Å². The zero-order chi connectivity index (χ0) is 13.2. The molecule has 18 heavy (non-hydrogen) atoms. The number of β-amino-alcohol motifs (C(OH)–C–C–N with tert-alkyl or cyclic N) is 1. The van der Waals surface area contributed by atoms with Gasteiger partial charge in [0.25, 0.3) is 0 Å². The van der Waals surface area contributed by atoms with Gasteiger partial charge in [-0.05, 0) is 38.0 Å². The smallest absolute Gasteiger partial charge is 0.124 e. The van der Waals surface area contributed by atoms with E-state index >= 15 is 0 Å². The third kappa shape index (κ3) is 2.94. The first-order valence-electron chi connectivity index (χ1n) is 6.23. The molecule has 4 heteroatoms. The lowest BCUT2D eigenvalue weighted by atomic mass is 10.1. The highest BCUT2D eigenvalue weighted by Crippen LogP contribution is 2.35. The summed E-state index contributed by atoms with van der Waals surface area (Å²) in [5, 5.41) is 13.6. The molecule has 1 aliphatic rings. The van der Waals surface area contributed by atoms with Gasteiger partial charge in [-0.2, -0.15) is 0 Å². The monoisotopic (exact) mass is 251 g/mol. The molecule has 1 aromatic rings. The summed E-state index contributed by atoms with van der Waals surface area (Å²) in [6, 6.07) is 5.46. The third-order valence-corrected chi connectivity index (χ3v) is 3.52. The standard InChI is InChI=1S/C14H21NO3/c1-14(6-7-14)15-9-12(16)11-8-10(17-2)4-5-13(11)18-3/h4-5,8,12,15-16H,6-7,9H2,1-3H3. The second-order valence-corrected chi connectivity index (χ2v) is 5.07. The Labute approximate surface area is 108 Å². The van der Waals surface area contributed by atoms with Crippen molar-refractivity contribution in [2.24, 2.45) is 0 Å². The van der Waals surface area contributed by atoms with Gasteiger partial charge in [0.05, 0.1) is 20.3 Å². The number of methoxy groups -OCH3 is 2. The van der Waals surface area contributed by atoms with Crippen LogP contribution in [-0.2, 0) is 0 Å². The Hall–Kier alpha value is -1.26. The minimum atomic E-state index is -0.590. The van der Waals surface area contributed by atoms with E-state index in [9.17, 15) is 5.11 Å². The molecule has 0 aliphatic heterocycles. The summed E-state index contributed by atoms with van der Waals surface area (Å²) >= 11 is 0. The Morgan fingerprint density at radius 1 is 1.33 bits per heavy atom. The molecular weight excluding hydrogens is 230 g/mol. The summed E-state index contributed by atoms with van der Waals surface area (Å²) in [4.78, 5) is 0. The number of hydrogen-bond donors (Lipinski definition) is 2. The number of aliphatic hydroxyl groups excluding tert-OH is 1. The van der Waals surface area contributed by atoms with E-state index in [1.807, 2.05) is 18.2 Å². The normalized spacial score (nSPS) is 18.2. The Morgan fingerprint density at radius 3 is 2.61 bits per heavy atom. The minimum absolute atomic E-state index is 0.215. The number of rotatable bonds is 6. The average Bonchev–Trinajstić information content (AvgIpc) is 3.13. The van der Waals surface area contributed by atoms with Crippen LogP contribution in [-0.4, -0.2) is 31.4 Å². The van der Waals surface area contributed by atoms with E-state index in [0.717, 1.165) is 11.3 Å². The van der Waals surface area contributed by atoms with Crippen LogP contribution in [0.2, 0.25) is 0 Å². The number of nitrogens with one attached hydrogen (secondary N) is 1. The van der Waals surface area contributed by atoms with Gasteiger partial charge in [0.15, 0.2) is 0 Å². The minimum Gasteiger partial charge on any atom is -0.497 e. The van der Waals surface area contributed by atoms with Crippen LogP contribution in [0, 0.1) is 0 Å². The topological polar surface area (TPSA) is 50.7 Å². The average molecular weight is 251 g/mol. The summed E-state index contributed by atoms with van der Waals surface area (Å²) in [5.41, 5.74) is 0.973. The molecule has 0 heterocycles. The van der Waals surface area contributed by atoms with E-state index in [4.69, 9.17) is 9.47 Å². The van der Waals surface area contributed by atoms with Gasteiger partial charge >= 0.3 is 0 Å². The number of ether oxygens (including phenoxy) is 2. The van der Waals surface area contributed by atoms with Gasteiger partial charge in [0.2, 0.25) is 0 Å². The zero-order valence-corrected chi connectivity index (χ0v) is 11.2. The van der Waals surface area contributed by atoms with Crippen molar-refractivity contribution in [2.75, 3.05) is 20.8 Å². The number of hydrogen-bond acceptors (Lipinski definition) is 4. The lowest BCUT2D eigenvalue weighted by Crippen LogP contribution is -2.32. The molecule has 0 spiro atoms. The quantitative estimate of drug-likeness (QED) is 0.810. The van der Waals surface area contributed by atoms with Crippen molar-refractivity contribution < 1.29 is 14.6 Å². The van der Waals surface area contributed by atoms with Crippen LogP contribution in [0.25, 0.3) is 0 Å². The van der Waals surface area contributed by atoms with Crippen molar-refractivity contribution in [3.8, 4) is 11.5 Å². The molecule has 1 unspecified atom stereocenters. The SMILES string of the molecule is COc1ccc(OC)c(C(O)CNC2(C)CC2)c1. The summed E-state index contributed by atoms with van der Waals surface area (Å²) in [6.45, 7) is 2.70. The molecular formula is C14H21NO3. The van der Waals surface area contributed by atoms with Crippen molar-refractivity contribution >= 4 is 0 Å². The summed E-state index contributed by atoms with van der Waals surface area (Å²) in [5.74, 6) is 1.41. The Kier molecular flexibility index (Phi) is 3.78. The molecule has 2 rings (SSSR count). The van der Waals surface area contributed by atoms with Crippen LogP contribution < -0.4 is 14.8 Å². The first kappa shape index (κ1) is 13.2. The van der Waals surface area contributed by atoms with E-state index in [-0.39, 0.29) is 5.54 Å². The van der Waals surface area contributed by atoms with Crippen LogP contribution in [0.15, 0.2) is 18.2 Å². The number of aliphatic hydroxyl groups is 1. The molecule has 0 aromatic heterocycles. The lowest BCUT2D eigenvalue weighted by Gasteiger charge is -2.19. The van der Waals surface area contributed by atoms with Crippen molar-refractivity contribution in [2.45, 2.75) is 31.4 Å². The molecule has 1 fully saturated rings. The van der Waals surface area contributed by atoms with Gasteiger partial charge in [-0.3, -0.25) is 0 Å². The van der Waals surface area contributed by atoms with Gasteiger partial charge in [0, 0.05) is 17.6 Å². The molecule has 100 valence electrons. The van der Waals surface area contributed by atoms with Crippen molar-refractivity contribution in [3.05, 3.63) is 23.8 Å². The third-order valence-electron chi connectivity index (χ3n) is 3.52. The Morgan fingerprint density at radius 2 is 2.06 bits per heavy atom. The van der Waals surface area contributed by atoms with E-state index in [2.05, 4.69) is 12.2 Å². The molecule has 1 atom stereocenters. The molecule has 2 N–H and O–H groups in total. The lowest BCUT2D eigenvalue weighted by molar-refractivity contribution is 0.164.